The molecule has 0 spiro atoms. The van der Waals surface area contributed by atoms with E-state index in [1.165, 1.54) is 5.82 Å². The summed E-state index contributed by atoms with van der Waals surface area (Å²) in [5.74, 6) is 1.25. The summed E-state index contributed by atoms with van der Waals surface area (Å²) in [6.45, 7) is 8.30. The topological polar surface area (TPSA) is 8.81 Å². The van der Waals surface area contributed by atoms with Gasteiger partial charge in [-0.3, -0.25) is 0 Å². The molecule has 0 atom stereocenters. The van der Waals surface area contributed by atoms with Gasteiger partial charge in [-0.25, -0.2) is 9.13 Å². The predicted octanol–water partition coefficient (Wildman–Crippen LogP) is 1.23. The molecule has 0 aromatic carbocycles. The fourth-order valence-corrected chi connectivity index (χ4v) is 1.25. The summed E-state index contributed by atoms with van der Waals surface area (Å²) in [7, 11) is 2.04. The predicted molar refractivity (Wildman–Crippen MR) is 49.7 cm³/mol. The molecule has 0 aliphatic rings. The second-order valence-corrected chi connectivity index (χ2v) is 2.76. The van der Waals surface area contributed by atoms with Gasteiger partial charge >= 0.3 is 0 Å². The first-order chi connectivity index (χ1) is 5.79. The number of rotatable bonds is 4. The van der Waals surface area contributed by atoms with E-state index in [2.05, 4.69) is 28.5 Å². The molecule has 12 heavy (non-hydrogen) atoms. The van der Waals surface area contributed by atoms with Crippen molar-refractivity contribution in [3.05, 3.63) is 43.5 Å². The molecule has 0 amide bonds. The van der Waals surface area contributed by atoms with Crippen LogP contribution in [0.2, 0.25) is 0 Å². The van der Waals surface area contributed by atoms with E-state index in [4.69, 9.17) is 0 Å². The van der Waals surface area contributed by atoms with Crippen molar-refractivity contribution in [2.24, 2.45) is 7.05 Å². The monoisotopic (exact) mass is 163 g/mol. The normalized spacial score (nSPS) is 9.75. The number of aromatic nitrogens is 2. The van der Waals surface area contributed by atoms with Crippen LogP contribution in [0.3, 0.4) is 0 Å². The van der Waals surface area contributed by atoms with Gasteiger partial charge in [-0.2, -0.15) is 0 Å². The van der Waals surface area contributed by atoms with Crippen molar-refractivity contribution in [1.82, 2.24) is 4.57 Å². The Balaban J connectivity index is 2.94. The Kier molecular flexibility index (Phi) is 2.86. The maximum absolute atomic E-state index is 3.73. The molecule has 1 aromatic heterocycles. The first kappa shape index (κ1) is 8.78. The van der Waals surface area contributed by atoms with Gasteiger partial charge in [0.05, 0.1) is 13.5 Å². The molecule has 0 N–H and O–H groups in total. The first-order valence-corrected chi connectivity index (χ1v) is 4.05. The van der Waals surface area contributed by atoms with E-state index in [9.17, 15) is 0 Å². The molecule has 0 saturated carbocycles. The minimum atomic E-state index is 0.865. The van der Waals surface area contributed by atoms with Gasteiger partial charge < -0.3 is 0 Å². The summed E-state index contributed by atoms with van der Waals surface area (Å²) < 4.78 is 4.26. The first-order valence-electron chi connectivity index (χ1n) is 4.05. The average molecular weight is 163 g/mol. The molecule has 0 unspecified atom stereocenters. The largest absolute Gasteiger partial charge is 0.260 e. The smallest absolute Gasteiger partial charge is 0.237 e. The van der Waals surface area contributed by atoms with Gasteiger partial charge in [-0.05, 0) is 0 Å². The lowest BCUT2D eigenvalue weighted by atomic mass is 10.4. The lowest BCUT2D eigenvalue weighted by Gasteiger charge is -1.95. The lowest BCUT2D eigenvalue weighted by molar-refractivity contribution is -0.678. The third kappa shape index (κ3) is 1.64. The molecule has 0 radical (unpaired) electrons. The van der Waals surface area contributed by atoms with Gasteiger partial charge in [0.1, 0.15) is 18.9 Å². The van der Waals surface area contributed by atoms with Gasteiger partial charge in [0.25, 0.3) is 5.82 Å². The van der Waals surface area contributed by atoms with E-state index in [-0.39, 0.29) is 0 Å². The zero-order chi connectivity index (χ0) is 8.97. The molecule has 1 rings (SSSR count). The van der Waals surface area contributed by atoms with Crippen LogP contribution in [-0.4, -0.2) is 4.57 Å². The van der Waals surface area contributed by atoms with Gasteiger partial charge in [0, 0.05) is 0 Å². The summed E-state index contributed by atoms with van der Waals surface area (Å²) in [6.07, 6.45) is 8.81. The van der Waals surface area contributed by atoms with Crippen LogP contribution < -0.4 is 4.57 Å². The average Bonchev–Trinajstić information content (AvgIpc) is 2.37. The van der Waals surface area contributed by atoms with E-state index in [1.807, 2.05) is 25.4 Å². The number of nitrogens with zero attached hydrogens (tertiary/aromatic N) is 2. The lowest BCUT2D eigenvalue weighted by Crippen LogP contribution is -2.31. The van der Waals surface area contributed by atoms with Crippen LogP contribution >= 0.6 is 0 Å². The highest BCUT2D eigenvalue weighted by Crippen LogP contribution is 1.96. The second kappa shape index (κ2) is 3.90. The van der Waals surface area contributed by atoms with Crippen molar-refractivity contribution >= 4 is 0 Å². The Bertz CT molecular complexity index is 284. The van der Waals surface area contributed by atoms with Crippen LogP contribution in [0.15, 0.2) is 37.7 Å². The SMILES string of the molecule is C=CCc1n(CC=C)cc[n+]1C. The maximum Gasteiger partial charge on any atom is 0.260 e. The quantitative estimate of drug-likeness (QED) is 0.466. The van der Waals surface area contributed by atoms with Gasteiger partial charge in [-0.15, -0.1) is 6.58 Å². The molecule has 2 nitrogen and oxygen atoms in total. The molecule has 0 fully saturated rings. The van der Waals surface area contributed by atoms with Crippen molar-refractivity contribution in [2.75, 3.05) is 0 Å². The Morgan fingerprint density at radius 3 is 2.83 bits per heavy atom. The standard InChI is InChI=1S/C10H15N2/c1-4-6-10-11(3)8-9-12(10)7-5-2/h4-5,8-9H,1-2,6-7H2,3H3/q+1. The van der Waals surface area contributed by atoms with Crippen molar-refractivity contribution in [2.45, 2.75) is 13.0 Å². The minimum Gasteiger partial charge on any atom is -0.237 e. The van der Waals surface area contributed by atoms with E-state index in [0.29, 0.717) is 0 Å². The van der Waals surface area contributed by atoms with Crippen LogP contribution in [-0.2, 0) is 20.0 Å². The summed E-state index contributed by atoms with van der Waals surface area (Å²) in [4.78, 5) is 0. The molecule has 1 heterocycles. The molecule has 2 heteroatoms. The van der Waals surface area contributed by atoms with E-state index >= 15 is 0 Å². The highest BCUT2D eigenvalue weighted by atomic mass is 15.1. The van der Waals surface area contributed by atoms with Gasteiger partial charge in [0.2, 0.25) is 0 Å². The van der Waals surface area contributed by atoms with E-state index in [1.54, 1.807) is 0 Å². The Labute approximate surface area is 73.5 Å². The highest BCUT2D eigenvalue weighted by molar-refractivity contribution is 4.92. The van der Waals surface area contributed by atoms with E-state index < -0.39 is 0 Å². The van der Waals surface area contributed by atoms with Crippen LogP contribution in [0.5, 0.6) is 0 Å². The molecule has 0 aliphatic carbocycles. The number of hydrogen-bond donors (Lipinski definition) is 0. The third-order valence-electron chi connectivity index (χ3n) is 1.86. The molecular formula is C10H15N2+. The second-order valence-electron chi connectivity index (χ2n) is 2.76. The fourth-order valence-electron chi connectivity index (χ4n) is 1.25. The zero-order valence-corrected chi connectivity index (χ0v) is 7.53. The number of imidazole rings is 1. The van der Waals surface area contributed by atoms with Crippen molar-refractivity contribution in [3.63, 3.8) is 0 Å². The van der Waals surface area contributed by atoms with E-state index in [0.717, 1.165) is 13.0 Å². The van der Waals surface area contributed by atoms with Crippen LogP contribution in [0.4, 0.5) is 0 Å². The Hall–Kier alpha value is -1.31. The fraction of sp³-hybridized carbons (Fsp3) is 0.300. The molecular weight excluding hydrogens is 148 g/mol. The van der Waals surface area contributed by atoms with Crippen LogP contribution in [0.1, 0.15) is 5.82 Å². The minimum absolute atomic E-state index is 0.865. The third-order valence-corrected chi connectivity index (χ3v) is 1.86. The highest BCUT2D eigenvalue weighted by Gasteiger charge is 2.10. The molecule has 1 aromatic rings. The molecule has 0 aliphatic heterocycles. The Morgan fingerprint density at radius 2 is 2.25 bits per heavy atom. The summed E-state index contributed by atoms with van der Waals surface area (Å²) in [5.41, 5.74) is 0. The Morgan fingerprint density at radius 1 is 1.50 bits per heavy atom. The molecule has 0 bridgehead atoms. The van der Waals surface area contributed by atoms with Crippen molar-refractivity contribution in [3.8, 4) is 0 Å². The summed E-state index contributed by atoms with van der Waals surface area (Å²) >= 11 is 0. The van der Waals surface area contributed by atoms with Gasteiger partial charge in [-0.1, -0.05) is 18.7 Å². The van der Waals surface area contributed by atoms with Gasteiger partial charge in [0.15, 0.2) is 0 Å². The number of allylic oxidation sites excluding steroid dienone is 2. The summed E-state index contributed by atoms with van der Waals surface area (Å²) in [6, 6.07) is 0. The zero-order valence-electron chi connectivity index (χ0n) is 7.53. The van der Waals surface area contributed by atoms with Crippen molar-refractivity contribution in [1.29, 1.82) is 0 Å². The number of hydrogen-bond acceptors (Lipinski definition) is 0. The van der Waals surface area contributed by atoms with Crippen LogP contribution in [0, 0.1) is 0 Å². The summed E-state index contributed by atoms with van der Waals surface area (Å²) in [5, 5.41) is 0. The van der Waals surface area contributed by atoms with Crippen molar-refractivity contribution < 1.29 is 4.57 Å². The molecule has 0 saturated heterocycles. The molecule has 64 valence electrons. The number of aryl methyl sites for hydroxylation is 1. The maximum atomic E-state index is 3.73. The van der Waals surface area contributed by atoms with Crippen LogP contribution in [0.25, 0.3) is 0 Å².